The average molecular weight is 325 g/mol. The Labute approximate surface area is 137 Å². The molecular formula is C16H15N5OS. The summed E-state index contributed by atoms with van der Waals surface area (Å²) >= 11 is 1.49. The highest BCUT2D eigenvalue weighted by Crippen LogP contribution is 2.24. The maximum Gasteiger partial charge on any atom is 0.264 e. The number of nitrogens with zero attached hydrogens (tertiary/aromatic N) is 5. The first-order valence-electron chi connectivity index (χ1n) is 7.46. The summed E-state index contributed by atoms with van der Waals surface area (Å²) in [5.74, 6) is 0.987. The van der Waals surface area contributed by atoms with Gasteiger partial charge in [0, 0.05) is 49.3 Å². The Morgan fingerprint density at radius 3 is 2.78 bits per heavy atom. The smallest absolute Gasteiger partial charge is 0.264 e. The fraction of sp³-hybridized carbons (Fsp3) is 0.250. The number of fused-ring (bicyclic) bond motifs is 1. The van der Waals surface area contributed by atoms with Gasteiger partial charge < -0.3 is 9.80 Å². The van der Waals surface area contributed by atoms with Crippen LogP contribution in [-0.2, 0) is 0 Å². The van der Waals surface area contributed by atoms with Gasteiger partial charge in [0.1, 0.15) is 0 Å². The van der Waals surface area contributed by atoms with Gasteiger partial charge in [-0.2, -0.15) is 5.10 Å². The van der Waals surface area contributed by atoms with E-state index in [0.717, 1.165) is 34.6 Å². The summed E-state index contributed by atoms with van der Waals surface area (Å²) in [6.45, 7) is 2.90. The molecule has 3 aromatic rings. The predicted octanol–water partition coefficient (Wildman–Crippen LogP) is 2.05. The summed E-state index contributed by atoms with van der Waals surface area (Å²) < 4.78 is 0. The van der Waals surface area contributed by atoms with Crippen molar-refractivity contribution in [2.45, 2.75) is 0 Å². The molecule has 0 radical (unpaired) electrons. The van der Waals surface area contributed by atoms with E-state index in [2.05, 4.69) is 20.1 Å². The molecule has 0 unspecified atom stereocenters. The predicted molar refractivity (Wildman–Crippen MR) is 89.8 cm³/mol. The number of aromatic nitrogens is 3. The molecule has 0 saturated carbocycles. The van der Waals surface area contributed by atoms with Crippen LogP contribution in [0, 0.1) is 0 Å². The quantitative estimate of drug-likeness (QED) is 0.721. The van der Waals surface area contributed by atoms with Crippen molar-refractivity contribution in [1.29, 1.82) is 0 Å². The lowest BCUT2D eigenvalue weighted by Crippen LogP contribution is -2.49. The molecule has 116 valence electrons. The van der Waals surface area contributed by atoms with Gasteiger partial charge in [0.15, 0.2) is 5.82 Å². The van der Waals surface area contributed by atoms with Crippen LogP contribution >= 0.6 is 11.3 Å². The highest BCUT2D eigenvalue weighted by molar-refractivity contribution is 7.12. The van der Waals surface area contributed by atoms with Crippen molar-refractivity contribution in [3.63, 3.8) is 0 Å². The summed E-state index contributed by atoms with van der Waals surface area (Å²) in [4.78, 5) is 21.4. The van der Waals surface area contributed by atoms with Gasteiger partial charge in [0.05, 0.1) is 11.1 Å². The first kappa shape index (κ1) is 14.1. The van der Waals surface area contributed by atoms with Gasteiger partial charge in [-0.05, 0) is 17.5 Å². The minimum Gasteiger partial charge on any atom is -0.351 e. The molecule has 4 heterocycles. The molecule has 1 fully saturated rings. The van der Waals surface area contributed by atoms with Crippen LogP contribution in [-0.4, -0.2) is 52.2 Å². The largest absolute Gasteiger partial charge is 0.351 e. The van der Waals surface area contributed by atoms with E-state index >= 15 is 0 Å². The topological polar surface area (TPSA) is 62.2 Å². The van der Waals surface area contributed by atoms with Gasteiger partial charge in [0.25, 0.3) is 5.91 Å². The van der Waals surface area contributed by atoms with Crippen LogP contribution in [0.2, 0.25) is 0 Å². The number of carbonyl (C=O) groups excluding carboxylic acids is 1. The van der Waals surface area contributed by atoms with Crippen molar-refractivity contribution >= 4 is 33.8 Å². The molecule has 0 N–H and O–H groups in total. The summed E-state index contributed by atoms with van der Waals surface area (Å²) in [7, 11) is 0. The Morgan fingerprint density at radius 2 is 2.00 bits per heavy atom. The van der Waals surface area contributed by atoms with E-state index in [9.17, 15) is 4.79 Å². The molecule has 0 aliphatic carbocycles. The van der Waals surface area contributed by atoms with E-state index in [1.54, 1.807) is 18.6 Å². The van der Waals surface area contributed by atoms with E-state index in [-0.39, 0.29) is 5.91 Å². The summed E-state index contributed by atoms with van der Waals surface area (Å²) in [5, 5.41) is 12.3. The zero-order valence-electron chi connectivity index (χ0n) is 12.4. The molecule has 0 spiro atoms. The van der Waals surface area contributed by atoms with E-state index in [0.29, 0.717) is 13.1 Å². The van der Waals surface area contributed by atoms with Crippen molar-refractivity contribution in [3.05, 3.63) is 47.0 Å². The van der Waals surface area contributed by atoms with E-state index < -0.39 is 0 Å². The molecule has 0 aromatic carbocycles. The number of amides is 1. The zero-order chi connectivity index (χ0) is 15.6. The Kier molecular flexibility index (Phi) is 3.63. The second-order valence-electron chi connectivity index (χ2n) is 5.39. The molecule has 3 aromatic heterocycles. The third kappa shape index (κ3) is 2.63. The van der Waals surface area contributed by atoms with Gasteiger partial charge in [-0.15, -0.1) is 16.4 Å². The second-order valence-corrected chi connectivity index (χ2v) is 6.34. The fourth-order valence-corrected chi connectivity index (χ4v) is 3.51. The fourth-order valence-electron chi connectivity index (χ4n) is 2.82. The van der Waals surface area contributed by atoms with Crippen LogP contribution < -0.4 is 4.90 Å². The first-order valence-corrected chi connectivity index (χ1v) is 8.34. The highest BCUT2D eigenvalue weighted by Gasteiger charge is 2.24. The molecule has 1 aliphatic heterocycles. The molecule has 1 saturated heterocycles. The molecule has 7 heteroatoms. The minimum absolute atomic E-state index is 0.118. The van der Waals surface area contributed by atoms with Gasteiger partial charge in [-0.25, -0.2) is 0 Å². The average Bonchev–Trinajstić information content (AvgIpc) is 3.15. The third-order valence-electron chi connectivity index (χ3n) is 4.04. The number of thiophene rings is 1. The molecule has 23 heavy (non-hydrogen) atoms. The standard InChI is InChI=1S/C16H15N5OS/c22-16(14-2-1-9-23-14)21-7-5-20(6-8-21)15-13-3-4-17-10-12(13)11-18-19-15/h1-4,9-11H,5-8H2. The number of pyridine rings is 1. The molecule has 6 nitrogen and oxygen atoms in total. The monoisotopic (exact) mass is 325 g/mol. The molecule has 1 amide bonds. The highest BCUT2D eigenvalue weighted by atomic mass is 32.1. The number of hydrogen-bond donors (Lipinski definition) is 0. The van der Waals surface area contributed by atoms with Crippen LogP contribution in [0.3, 0.4) is 0 Å². The van der Waals surface area contributed by atoms with Gasteiger partial charge in [-0.3, -0.25) is 9.78 Å². The first-order chi connectivity index (χ1) is 11.3. The second kappa shape index (κ2) is 5.92. The van der Waals surface area contributed by atoms with E-state index in [1.165, 1.54) is 11.3 Å². The Hall–Kier alpha value is -2.54. The molecule has 0 bridgehead atoms. The SMILES string of the molecule is O=C(c1cccs1)N1CCN(c2nncc3cnccc23)CC1. The number of piperazine rings is 1. The number of hydrogen-bond acceptors (Lipinski definition) is 6. The van der Waals surface area contributed by atoms with Crippen LogP contribution in [0.25, 0.3) is 10.8 Å². The number of anilines is 1. The maximum atomic E-state index is 12.4. The molecule has 4 rings (SSSR count). The molecular weight excluding hydrogens is 310 g/mol. The summed E-state index contributed by atoms with van der Waals surface area (Å²) in [6.07, 6.45) is 5.29. The zero-order valence-corrected chi connectivity index (χ0v) is 13.2. The van der Waals surface area contributed by atoms with Crippen molar-refractivity contribution in [1.82, 2.24) is 20.1 Å². The van der Waals surface area contributed by atoms with Crippen LogP contribution in [0.15, 0.2) is 42.2 Å². The Bertz CT molecular complexity index is 822. The Morgan fingerprint density at radius 1 is 1.13 bits per heavy atom. The van der Waals surface area contributed by atoms with Gasteiger partial charge in [0.2, 0.25) is 0 Å². The molecule has 1 aliphatic rings. The lowest BCUT2D eigenvalue weighted by molar-refractivity contribution is 0.0751. The van der Waals surface area contributed by atoms with Crippen molar-refractivity contribution in [3.8, 4) is 0 Å². The number of rotatable bonds is 2. The summed E-state index contributed by atoms with van der Waals surface area (Å²) in [6, 6.07) is 5.75. The van der Waals surface area contributed by atoms with Crippen LogP contribution in [0.4, 0.5) is 5.82 Å². The van der Waals surface area contributed by atoms with E-state index in [4.69, 9.17) is 0 Å². The molecule has 0 atom stereocenters. The number of carbonyl (C=O) groups is 1. The lowest BCUT2D eigenvalue weighted by atomic mass is 10.2. The van der Waals surface area contributed by atoms with Gasteiger partial charge >= 0.3 is 0 Å². The third-order valence-corrected chi connectivity index (χ3v) is 4.90. The van der Waals surface area contributed by atoms with E-state index in [1.807, 2.05) is 28.5 Å². The van der Waals surface area contributed by atoms with Crippen molar-refractivity contribution in [2.24, 2.45) is 0 Å². The van der Waals surface area contributed by atoms with Gasteiger partial charge in [-0.1, -0.05) is 6.07 Å². The summed E-state index contributed by atoms with van der Waals surface area (Å²) in [5.41, 5.74) is 0. The maximum absolute atomic E-state index is 12.4. The van der Waals surface area contributed by atoms with Crippen LogP contribution in [0.1, 0.15) is 9.67 Å². The van der Waals surface area contributed by atoms with Crippen molar-refractivity contribution in [2.75, 3.05) is 31.1 Å². The minimum atomic E-state index is 0.118. The normalized spacial score (nSPS) is 15.1. The van der Waals surface area contributed by atoms with Crippen molar-refractivity contribution < 1.29 is 4.79 Å². The lowest BCUT2D eigenvalue weighted by Gasteiger charge is -2.35. The Balaban J connectivity index is 1.52. The van der Waals surface area contributed by atoms with Crippen LogP contribution in [0.5, 0.6) is 0 Å².